The van der Waals surface area contributed by atoms with Gasteiger partial charge in [-0.15, -0.1) is 0 Å². The van der Waals surface area contributed by atoms with Gasteiger partial charge in [-0.1, -0.05) is 18.2 Å². The summed E-state index contributed by atoms with van der Waals surface area (Å²) in [6.07, 6.45) is 0.418. The summed E-state index contributed by atoms with van der Waals surface area (Å²) in [7, 11) is 4.38. The fraction of sp³-hybridized carbons (Fsp3) is 0.375. The lowest BCUT2D eigenvalue weighted by Gasteiger charge is -2.46. The molecule has 0 fully saturated rings. The molecule has 2 N–H and O–H groups in total. The van der Waals surface area contributed by atoms with E-state index in [0.717, 1.165) is 11.1 Å². The first-order valence-corrected chi connectivity index (χ1v) is 10.1. The number of methoxy groups -OCH3 is 2. The molecule has 1 heterocycles. The topological polar surface area (TPSA) is 94.2 Å². The number of rotatable bonds is 5. The second-order valence-electron chi connectivity index (χ2n) is 8.54. The Morgan fingerprint density at radius 3 is 2.47 bits per heavy atom. The molecule has 2 aromatic carbocycles. The highest BCUT2D eigenvalue weighted by Crippen LogP contribution is 2.47. The van der Waals surface area contributed by atoms with Crippen molar-refractivity contribution in [1.29, 1.82) is 0 Å². The molecular formula is C24H28FN3O4. The van der Waals surface area contributed by atoms with Crippen LogP contribution < -0.4 is 10.5 Å². The molecule has 1 aliphatic rings. The molecule has 0 aliphatic carbocycles. The minimum Gasteiger partial charge on any atom is -0.496 e. The molecule has 0 aromatic heterocycles. The van der Waals surface area contributed by atoms with E-state index in [1.54, 1.807) is 58.2 Å². The fourth-order valence-corrected chi connectivity index (χ4v) is 3.98. The van der Waals surface area contributed by atoms with Gasteiger partial charge < -0.3 is 15.2 Å². The molecule has 0 bridgehead atoms. The van der Waals surface area contributed by atoms with Crippen molar-refractivity contribution in [3.63, 3.8) is 0 Å². The van der Waals surface area contributed by atoms with E-state index in [-0.39, 0.29) is 17.4 Å². The summed E-state index contributed by atoms with van der Waals surface area (Å²) in [5.41, 5.74) is 6.02. The maximum absolute atomic E-state index is 15.0. The first-order chi connectivity index (χ1) is 15.0. The van der Waals surface area contributed by atoms with Gasteiger partial charge >= 0.3 is 5.97 Å². The second-order valence-corrected chi connectivity index (χ2v) is 8.54. The van der Waals surface area contributed by atoms with E-state index in [1.807, 2.05) is 0 Å². The Hall–Kier alpha value is -3.42. The average Bonchev–Trinajstić information content (AvgIpc) is 2.77. The van der Waals surface area contributed by atoms with Gasteiger partial charge in [-0.3, -0.25) is 9.69 Å². The van der Waals surface area contributed by atoms with Gasteiger partial charge in [0.2, 0.25) is 5.91 Å². The van der Waals surface area contributed by atoms with Crippen LogP contribution in [0.1, 0.15) is 47.8 Å². The standard InChI is InChI=1S/C24H28FN3O4/c1-23(2)21(30)28(4)22(26)27-24(23,3)17-12-14(7-10-18(17)25)11-15-8-9-16(20(29)32-6)13-19(15)31-5/h7-10,12-13H,11H2,1-6H3,(H2,26,27)/t24-/m1/s1. The maximum Gasteiger partial charge on any atom is 0.337 e. The molecule has 2 aromatic rings. The lowest BCUT2D eigenvalue weighted by Crippen LogP contribution is -2.58. The molecule has 1 atom stereocenters. The number of nitrogens with zero attached hydrogens (tertiary/aromatic N) is 2. The number of aliphatic imine (C=N–C) groups is 1. The summed E-state index contributed by atoms with van der Waals surface area (Å²) >= 11 is 0. The third kappa shape index (κ3) is 3.70. The molecule has 170 valence electrons. The van der Waals surface area contributed by atoms with Crippen LogP contribution in [0, 0.1) is 11.2 Å². The van der Waals surface area contributed by atoms with Crippen molar-refractivity contribution in [2.75, 3.05) is 21.3 Å². The van der Waals surface area contributed by atoms with E-state index in [4.69, 9.17) is 15.2 Å². The molecule has 32 heavy (non-hydrogen) atoms. The highest BCUT2D eigenvalue weighted by molar-refractivity contribution is 6.01. The number of hydrogen-bond acceptors (Lipinski definition) is 6. The third-order valence-corrected chi connectivity index (χ3v) is 6.40. The van der Waals surface area contributed by atoms with E-state index in [0.29, 0.717) is 17.7 Å². The van der Waals surface area contributed by atoms with E-state index in [2.05, 4.69) is 4.99 Å². The van der Waals surface area contributed by atoms with Crippen molar-refractivity contribution in [2.24, 2.45) is 16.1 Å². The minimum atomic E-state index is -1.19. The minimum absolute atomic E-state index is 0.0432. The molecule has 0 saturated carbocycles. The molecule has 0 unspecified atom stereocenters. The van der Waals surface area contributed by atoms with Crippen molar-refractivity contribution < 1.29 is 23.5 Å². The van der Waals surface area contributed by atoms with E-state index >= 15 is 4.39 Å². The molecule has 3 rings (SSSR count). The average molecular weight is 442 g/mol. The number of amides is 1. The quantitative estimate of drug-likeness (QED) is 0.719. The molecule has 1 amide bonds. The van der Waals surface area contributed by atoms with Crippen LogP contribution >= 0.6 is 0 Å². The zero-order valence-corrected chi connectivity index (χ0v) is 19.2. The first kappa shape index (κ1) is 23.2. The van der Waals surface area contributed by atoms with Crippen LogP contribution in [-0.2, 0) is 21.5 Å². The number of carbonyl (C=O) groups excluding carboxylic acids is 2. The zero-order chi connectivity index (χ0) is 23.8. The molecule has 0 saturated heterocycles. The molecule has 0 spiro atoms. The fourth-order valence-electron chi connectivity index (χ4n) is 3.98. The van der Waals surface area contributed by atoms with Gasteiger partial charge in [0.1, 0.15) is 17.1 Å². The van der Waals surface area contributed by atoms with Gasteiger partial charge in [-0.25, -0.2) is 14.2 Å². The second kappa shape index (κ2) is 8.26. The largest absolute Gasteiger partial charge is 0.496 e. The molecule has 7 nitrogen and oxygen atoms in total. The molecular weight excluding hydrogens is 413 g/mol. The number of ether oxygens (including phenoxy) is 2. The SMILES string of the molecule is COC(=O)c1ccc(Cc2ccc(F)c([C@@]3(C)N=C(N)N(C)C(=O)C3(C)C)c2)c(OC)c1. The van der Waals surface area contributed by atoms with Crippen LogP contribution in [0.2, 0.25) is 0 Å². The Morgan fingerprint density at radius 1 is 1.16 bits per heavy atom. The summed E-state index contributed by atoms with van der Waals surface area (Å²) in [5, 5.41) is 0. The number of nitrogens with two attached hydrogens (primary N) is 1. The first-order valence-electron chi connectivity index (χ1n) is 10.1. The highest BCUT2D eigenvalue weighted by Gasteiger charge is 2.53. The number of carbonyl (C=O) groups is 2. The van der Waals surface area contributed by atoms with Gasteiger partial charge in [0.25, 0.3) is 0 Å². The Bertz CT molecular complexity index is 1110. The number of guanidine groups is 1. The summed E-state index contributed by atoms with van der Waals surface area (Å²) in [5.74, 6) is -0.608. The number of halogens is 1. The normalized spacial score (nSPS) is 20.0. The van der Waals surface area contributed by atoms with Crippen molar-refractivity contribution in [3.05, 3.63) is 64.5 Å². The highest BCUT2D eigenvalue weighted by atomic mass is 19.1. The van der Waals surface area contributed by atoms with Gasteiger partial charge in [0.05, 0.1) is 25.2 Å². The van der Waals surface area contributed by atoms with Crippen LogP contribution in [0.4, 0.5) is 4.39 Å². The van der Waals surface area contributed by atoms with Gasteiger partial charge in [-0.2, -0.15) is 0 Å². The van der Waals surface area contributed by atoms with E-state index in [9.17, 15) is 9.59 Å². The Kier molecular flexibility index (Phi) is 6.00. The van der Waals surface area contributed by atoms with E-state index in [1.165, 1.54) is 25.2 Å². The molecule has 8 heteroatoms. The summed E-state index contributed by atoms with van der Waals surface area (Å²) in [4.78, 5) is 30.5. The predicted octanol–water partition coefficient (Wildman–Crippen LogP) is 3.24. The Labute approximate surface area is 187 Å². The van der Waals surface area contributed by atoms with E-state index < -0.39 is 22.7 Å². The Balaban J connectivity index is 2.06. The Morgan fingerprint density at radius 2 is 1.84 bits per heavy atom. The van der Waals surface area contributed by atoms with Gasteiger partial charge in [-0.05, 0) is 50.1 Å². The van der Waals surface area contributed by atoms with Crippen molar-refractivity contribution in [2.45, 2.75) is 32.7 Å². The monoisotopic (exact) mass is 441 g/mol. The molecule has 1 aliphatic heterocycles. The van der Waals surface area contributed by atoms with Crippen LogP contribution in [0.5, 0.6) is 5.75 Å². The van der Waals surface area contributed by atoms with Crippen LogP contribution in [0.25, 0.3) is 0 Å². The number of hydrogen-bond donors (Lipinski definition) is 1. The van der Waals surface area contributed by atoms with Crippen molar-refractivity contribution in [1.82, 2.24) is 4.90 Å². The van der Waals surface area contributed by atoms with Crippen LogP contribution in [0.15, 0.2) is 41.4 Å². The lowest BCUT2D eigenvalue weighted by molar-refractivity contribution is -0.140. The zero-order valence-electron chi connectivity index (χ0n) is 19.2. The smallest absolute Gasteiger partial charge is 0.337 e. The maximum atomic E-state index is 15.0. The third-order valence-electron chi connectivity index (χ3n) is 6.40. The van der Waals surface area contributed by atoms with Crippen molar-refractivity contribution in [3.8, 4) is 5.75 Å². The van der Waals surface area contributed by atoms with Crippen LogP contribution in [0.3, 0.4) is 0 Å². The summed E-state index contributed by atoms with van der Waals surface area (Å²) < 4.78 is 25.2. The summed E-state index contributed by atoms with van der Waals surface area (Å²) in [6, 6.07) is 9.79. The lowest BCUT2D eigenvalue weighted by atomic mass is 9.67. The number of benzene rings is 2. The van der Waals surface area contributed by atoms with Crippen LogP contribution in [-0.4, -0.2) is 44.0 Å². The predicted molar refractivity (Wildman–Crippen MR) is 119 cm³/mol. The van der Waals surface area contributed by atoms with Gasteiger partial charge in [0, 0.05) is 19.0 Å². The summed E-state index contributed by atoms with van der Waals surface area (Å²) in [6.45, 7) is 5.20. The number of esters is 1. The molecule has 0 radical (unpaired) electrons. The van der Waals surface area contributed by atoms with Gasteiger partial charge in [0.15, 0.2) is 5.96 Å². The van der Waals surface area contributed by atoms with Crippen molar-refractivity contribution >= 4 is 17.8 Å².